The normalized spacial score (nSPS) is 23.5. The summed E-state index contributed by atoms with van der Waals surface area (Å²) in [6.07, 6.45) is 1.43. The van der Waals surface area contributed by atoms with Crippen LogP contribution in [0.1, 0.15) is 47.8 Å². The predicted molar refractivity (Wildman–Crippen MR) is 103 cm³/mol. The van der Waals surface area contributed by atoms with E-state index in [-0.39, 0.29) is 36.7 Å². The summed E-state index contributed by atoms with van der Waals surface area (Å²) in [5, 5.41) is 2.98. The standard InChI is InChI=1S/C23H21NO4/c1-13-2-4-14(5-3-13)16-8-18-23(19(25)9-16)17(11-22(26)24-18)15-6-7-20-21(10-15)28-12-27-20/h2-7,10,16-17H,8-9,11-12H2,1H3,(H,24,26)/t16-,17+/m0/s1. The number of ketones is 1. The van der Waals surface area contributed by atoms with Gasteiger partial charge in [0, 0.05) is 30.0 Å². The van der Waals surface area contributed by atoms with E-state index in [0.29, 0.717) is 24.3 Å². The van der Waals surface area contributed by atoms with Crippen LogP contribution in [0, 0.1) is 6.92 Å². The summed E-state index contributed by atoms with van der Waals surface area (Å²) in [5.41, 5.74) is 4.79. The first-order chi connectivity index (χ1) is 13.6. The monoisotopic (exact) mass is 375 g/mol. The third-order valence-corrected chi connectivity index (χ3v) is 5.88. The van der Waals surface area contributed by atoms with Gasteiger partial charge in [-0.2, -0.15) is 0 Å². The van der Waals surface area contributed by atoms with Crippen LogP contribution in [0.3, 0.4) is 0 Å². The number of allylic oxidation sites excluding steroid dienone is 2. The Morgan fingerprint density at radius 1 is 0.893 bits per heavy atom. The van der Waals surface area contributed by atoms with Gasteiger partial charge in [-0.15, -0.1) is 0 Å². The Labute approximate surface area is 163 Å². The van der Waals surface area contributed by atoms with Crippen LogP contribution in [0.5, 0.6) is 11.5 Å². The molecule has 0 spiro atoms. The molecule has 3 aliphatic rings. The van der Waals surface area contributed by atoms with E-state index in [2.05, 4.69) is 29.6 Å². The molecule has 0 radical (unpaired) electrons. The Morgan fingerprint density at radius 3 is 2.46 bits per heavy atom. The molecule has 2 atom stereocenters. The van der Waals surface area contributed by atoms with Crippen molar-refractivity contribution in [2.75, 3.05) is 6.79 Å². The van der Waals surface area contributed by atoms with E-state index in [4.69, 9.17) is 9.47 Å². The van der Waals surface area contributed by atoms with E-state index in [1.807, 2.05) is 25.1 Å². The van der Waals surface area contributed by atoms with Crippen molar-refractivity contribution in [1.82, 2.24) is 5.32 Å². The molecule has 0 unspecified atom stereocenters. The first-order valence-corrected chi connectivity index (χ1v) is 9.60. The number of carbonyl (C=O) groups excluding carboxylic acids is 2. The number of carbonyl (C=O) groups is 2. The van der Waals surface area contributed by atoms with E-state index >= 15 is 0 Å². The number of hydrogen-bond acceptors (Lipinski definition) is 4. The third kappa shape index (κ3) is 2.87. The minimum absolute atomic E-state index is 0.0428. The fourth-order valence-electron chi connectivity index (χ4n) is 4.45. The van der Waals surface area contributed by atoms with E-state index in [1.54, 1.807) is 0 Å². The Hall–Kier alpha value is -3.08. The summed E-state index contributed by atoms with van der Waals surface area (Å²) in [5.74, 6) is 1.32. The van der Waals surface area contributed by atoms with E-state index in [1.165, 1.54) is 5.56 Å². The maximum Gasteiger partial charge on any atom is 0.231 e. The summed E-state index contributed by atoms with van der Waals surface area (Å²) in [4.78, 5) is 25.6. The Balaban J connectivity index is 1.51. The molecule has 2 aromatic carbocycles. The molecular weight excluding hydrogens is 354 g/mol. The number of benzene rings is 2. The zero-order valence-corrected chi connectivity index (χ0v) is 15.7. The highest BCUT2D eigenvalue weighted by Crippen LogP contribution is 2.44. The number of amides is 1. The number of aryl methyl sites for hydroxylation is 1. The van der Waals surface area contributed by atoms with Crippen LogP contribution < -0.4 is 14.8 Å². The van der Waals surface area contributed by atoms with Crippen molar-refractivity contribution in [1.29, 1.82) is 0 Å². The molecule has 2 heterocycles. The molecule has 0 fully saturated rings. The highest BCUT2D eigenvalue weighted by atomic mass is 16.7. The second kappa shape index (κ2) is 6.51. The van der Waals surface area contributed by atoms with E-state index < -0.39 is 0 Å². The molecule has 0 saturated heterocycles. The highest BCUT2D eigenvalue weighted by molar-refractivity contribution is 6.02. The Kier molecular flexibility index (Phi) is 3.97. The Bertz CT molecular complexity index is 1010. The lowest BCUT2D eigenvalue weighted by molar-refractivity contribution is -0.122. The lowest BCUT2D eigenvalue weighted by atomic mass is 9.73. The first-order valence-electron chi connectivity index (χ1n) is 9.60. The minimum Gasteiger partial charge on any atom is -0.454 e. The number of hydrogen-bond donors (Lipinski definition) is 1. The van der Waals surface area contributed by atoms with E-state index in [0.717, 1.165) is 22.4 Å². The van der Waals surface area contributed by atoms with Gasteiger partial charge in [-0.05, 0) is 42.5 Å². The van der Waals surface area contributed by atoms with Gasteiger partial charge in [0.2, 0.25) is 12.7 Å². The number of Topliss-reactive ketones (excluding diaryl/α,β-unsaturated/α-hetero) is 1. The lowest BCUT2D eigenvalue weighted by Crippen LogP contribution is -2.38. The average molecular weight is 375 g/mol. The quantitative estimate of drug-likeness (QED) is 0.869. The molecule has 0 saturated carbocycles. The van der Waals surface area contributed by atoms with Gasteiger partial charge in [-0.3, -0.25) is 9.59 Å². The molecule has 2 aliphatic heterocycles. The van der Waals surface area contributed by atoms with Gasteiger partial charge in [0.15, 0.2) is 17.3 Å². The predicted octanol–water partition coefficient (Wildman–Crippen LogP) is 3.73. The number of nitrogens with one attached hydrogen (secondary N) is 1. The number of fused-ring (bicyclic) bond motifs is 1. The molecule has 5 rings (SSSR count). The molecule has 28 heavy (non-hydrogen) atoms. The summed E-state index contributed by atoms with van der Waals surface area (Å²) >= 11 is 0. The zero-order valence-electron chi connectivity index (χ0n) is 15.7. The van der Waals surface area contributed by atoms with Crippen LogP contribution in [0.25, 0.3) is 0 Å². The SMILES string of the molecule is Cc1ccc([C@@H]2CC(=O)C3=C(C2)NC(=O)C[C@@H]3c2ccc3c(c2)OCO3)cc1. The van der Waals surface area contributed by atoms with Gasteiger partial charge >= 0.3 is 0 Å². The van der Waals surface area contributed by atoms with Crippen LogP contribution in [-0.4, -0.2) is 18.5 Å². The maximum absolute atomic E-state index is 13.1. The molecule has 1 N–H and O–H groups in total. The molecule has 142 valence electrons. The number of ether oxygens (including phenoxy) is 2. The molecule has 0 aromatic heterocycles. The van der Waals surface area contributed by atoms with Crippen molar-refractivity contribution in [2.45, 2.75) is 38.0 Å². The lowest BCUT2D eigenvalue weighted by Gasteiger charge is -2.34. The third-order valence-electron chi connectivity index (χ3n) is 5.88. The van der Waals surface area contributed by atoms with Crippen LogP contribution in [0.2, 0.25) is 0 Å². The molecule has 2 aromatic rings. The molecule has 1 amide bonds. The minimum atomic E-state index is -0.232. The van der Waals surface area contributed by atoms with Crippen molar-refractivity contribution in [3.05, 3.63) is 70.4 Å². The second-order valence-electron chi connectivity index (χ2n) is 7.75. The fourth-order valence-corrected chi connectivity index (χ4v) is 4.45. The van der Waals surface area contributed by atoms with Crippen molar-refractivity contribution in [2.24, 2.45) is 0 Å². The molecular formula is C23H21NO4. The summed E-state index contributed by atoms with van der Waals surface area (Å²) < 4.78 is 10.9. The average Bonchev–Trinajstić information content (AvgIpc) is 3.15. The summed E-state index contributed by atoms with van der Waals surface area (Å²) in [7, 11) is 0. The Morgan fingerprint density at radius 2 is 1.64 bits per heavy atom. The van der Waals surface area contributed by atoms with Crippen LogP contribution in [0.4, 0.5) is 0 Å². The van der Waals surface area contributed by atoms with Gasteiger partial charge in [0.05, 0.1) is 0 Å². The van der Waals surface area contributed by atoms with Crippen LogP contribution >= 0.6 is 0 Å². The van der Waals surface area contributed by atoms with E-state index in [9.17, 15) is 9.59 Å². The molecule has 5 heteroatoms. The smallest absolute Gasteiger partial charge is 0.231 e. The summed E-state index contributed by atoms with van der Waals surface area (Å²) in [6.45, 7) is 2.25. The van der Waals surface area contributed by atoms with Crippen molar-refractivity contribution < 1.29 is 19.1 Å². The maximum atomic E-state index is 13.1. The largest absolute Gasteiger partial charge is 0.454 e. The highest BCUT2D eigenvalue weighted by Gasteiger charge is 2.38. The summed E-state index contributed by atoms with van der Waals surface area (Å²) in [6, 6.07) is 14.0. The van der Waals surface area contributed by atoms with Crippen molar-refractivity contribution in [3.8, 4) is 11.5 Å². The first kappa shape index (κ1) is 17.0. The van der Waals surface area contributed by atoms with Gasteiger partial charge in [-0.25, -0.2) is 0 Å². The van der Waals surface area contributed by atoms with Gasteiger partial charge < -0.3 is 14.8 Å². The molecule has 1 aliphatic carbocycles. The topological polar surface area (TPSA) is 64.6 Å². The van der Waals surface area contributed by atoms with Crippen molar-refractivity contribution in [3.63, 3.8) is 0 Å². The van der Waals surface area contributed by atoms with Crippen LogP contribution in [0.15, 0.2) is 53.7 Å². The molecule has 0 bridgehead atoms. The van der Waals surface area contributed by atoms with Gasteiger partial charge in [0.1, 0.15) is 0 Å². The number of rotatable bonds is 2. The zero-order chi connectivity index (χ0) is 19.3. The fraction of sp³-hybridized carbons (Fsp3) is 0.304. The van der Waals surface area contributed by atoms with Gasteiger partial charge in [-0.1, -0.05) is 35.9 Å². The van der Waals surface area contributed by atoms with Crippen LogP contribution in [-0.2, 0) is 9.59 Å². The molecule has 5 nitrogen and oxygen atoms in total. The van der Waals surface area contributed by atoms with Crippen molar-refractivity contribution >= 4 is 11.7 Å². The second-order valence-corrected chi connectivity index (χ2v) is 7.75. The van der Waals surface area contributed by atoms with Gasteiger partial charge in [0.25, 0.3) is 0 Å².